The molecule has 0 atom stereocenters. The number of alkyl halides is 1. The lowest BCUT2D eigenvalue weighted by Crippen LogP contribution is -2.49. The quantitative estimate of drug-likeness (QED) is 0.606. The van der Waals surface area contributed by atoms with Gasteiger partial charge in [0, 0.05) is 38.5 Å². The summed E-state index contributed by atoms with van der Waals surface area (Å²) in [6, 6.07) is 5.98. The molecule has 1 saturated heterocycles. The summed E-state index contributed by atoms with van der Waals surface area (Å²) >= 11 is 5.67. The van der Waals surface area contributed by atoms with Gasteiger partial charge in [-0.15, -0.1) is 16.7 Å². The molecular formula is C18H19ClFN7O. The average molecular weight is 404 g/mol. The average Bonchev–Trinajstić information content (AvgIpc) is 3.17. The first-order valence-corrected chi connectivity index (χ1v) is 9.62. The second-order valence-corrected chi connectivity index (χ2v) is 6.89. The molecule has 0 unspecified atom stereocenters. The SMILES string of the molecule is O=C(CCCCl)N1CCN(c2ncnc3c2nnn3-c2ccc(F)cc2)CC1. The van der Waals surface area contributed by atoms with Crippen LogP contribution >= 0.6 is 11.6 Å². The number of nitrogens with zero attached hydrogens (tertiary/aromatic N) is 7. The Bertz CT molecular complexity index is 970. The molecule has 0 aliphatic carbocycles. The highest BCUT2D eigenvalue weighted by Gasteiger charge is 2.24. The van der Waals surface area contributed by atoms with Crippen LogP contribution in [0, 0.1) is 5.82 Å². The third-order valence-electron chi connectivity index (χ3n) is 4.75. The monoisotopic (exact) mass is 403 g/mol. The van der Waals surface area contributed by atoms with E-state index in [0.717, 1.165) is 0 Å². The largest absolute Gasteiger partial charge is 0.351 e. The minimum atomic E-state index is -0.318. The number of aromatic nitrogens is 5. The molecule has 0 saturated carbocycles. The summed E-state index contributed by atoms with van der Waals surface area (Å²) in [5.74, 6) is 0.998. The molecule has 1 aliphatic heterocycles. The van der Waals surface area contributed by atoms with Crippen LogP contribution in [0.5, 0.6) is 0 Å². The van der Waals surface area contributed by atoms with Crippen LogP contribution in [0.4, 0.5) is 10.2 Å². The number of halogens is 2. The van der Waals surface area contributed by atoms with Crippen LogP contribution in [0.3, 0.4) is 0 Å². The van der Waals surface area contributed by atoms with Crippen LogP contribution in [-0.2, 0) is 4.79 Å². The molecule has 1 fully saturated rings. The fourth-order valence-corrected chi connectivity index (χ4v) is 3.40. The Morgan fingerprint density at radius 1 is 1.11 bits per heavy atom. The van der Waals surface area contributed by atoms with Gasteiger partial charge in [-0.05, 0) is 30.7 Å². The fourth-order valence-electron chi connectivity index (χ4n) is 3.27. The lowest BCUT2D eigenvalue weighted by atomic mass is 10.2. The molecule has 28 heavy (non-hydrogen) atoms. The molecule has 10 heteroatoms. The number of rotatable bonds is 5. The Morgan fingerprint density at radius 2 is 1.86 bits per heavy atom. The normalized spacial score (nSPS) is 14.6. The molecule has 1 aliphatic rings. The molecule has 146 valence electrons. The van der Waals surface area contributed by atoms with Gasteiger partial charge in [0.05, 0.1) is 5.69 Å². The van der Waals surface area contributed by atoms with E-state index in [4.69, 9.17) is 11.6 Å². The minimum absolute atomic E-state index is 0.135. The van der Waals surface area contributed by atoms with Crippen molar-refractivity contribution >= 4 is 34.5 Å². The van der Waals surface area contributed by atoms with Crippen LogP contribution in [0.15, 0.2) is 30.6 Å². The molecule has 8 nitrogen and oxygen atoms in total. The smallest absolute Gasteiger partial charge is 0.222 e. The Kier molecular flexibility index (Phi) is 5.34. The summed E-state index contributed by atoms with van der Waals surface area (Å²) in [5, 5.41) is 8.41. The van der Waals surface area contributed by atoms with Crippen LogP contribution in [0.2, 0.25) is 0 Å². The van der Waals surface area contributed by atoms with Gasteiger partial charge < -0.3 is 9.80 Å². The van der Waals surface area contributed by atoms with Crippen LogP contribution in [-0.4, -0.2) is 67.8 Å². The van der Waals surface area contributed by atoms with E-state index in [0.29, 0.717) is 67.6 Å². The van der Waals surface area contributed by atoms with Gasteiger partial charge in [0.15, 0.2) is 17.0 Å². The van der Waals surface area contributed by atoms with Crippen molar-refractivity contribution in [2.24, 2.45) is 0 Å². The predicted octanol–water partition coefficient (Wildman–Crippen LogP) is 2.02. The van der Waals surface area contributed by atoms with Crippen molar-refractivity contribution < 1.29 is 9.18 Å². The van der Waals surface area contributed by atoms with Crippen LogP contribution < -0.4 is 4.90 Å². The maximum atomic E-state index is 13.2. The lowest BCUT2D eigenvalue weighted by molar-refractivity contribution is -0.131. The number of carbonyl (C=O) groups is 1. The van der Waals surface area contributed by atoms with Crippen molar-refractivity contribution in [3.8, 4) is 5.69 Å². The number of fused-ring (bicyclic) bond motifs is 1. The van der Waals surface area contributed by atoms with Gasteiger partial charge in [-0.25, -0.2) is 14.4 Å². The van der Waals surface area contributed by atoms with Gasteiger partial charge in [0.1, 0.15) is 12.1 Å². The first-order valence-electron chi connectivity index (χ1n) is 9.08. The number of hydrogen-bond acceptors (Lipinski definition) is 6. The van der Waals surface area contributed by atoms with Crippen molar-refractivity contribution in [1.82, 2.24) is 29.9 Å². The first kappa shape index (κ1) is 18.5. The van der Waals surface area contributed by atoms with E-state index in [9.17, 15) is 9.18 Å². The summed E-state index contributed by atoms with van der Waals surface area (Å²) in [6.45, 7) is 2.56. The van der Waals surface area contributed by atoms with Crippen molar-refractivity contribution in [2.75, 3.05) is 37.0 Å². The molecule has 1 aromatic carbocycles. The maximum absolute atomic E-state index is 13.2. The predicted molar refractivity (Wildman–Crippen MR) is 103 cm³/mol. The van der Waals surface area contributed by atoms with E-state index in [2.05, 4.69) is 25.2 Å². The highest BCUT2D eigenvalue weighted by Crippen LogP contribution is 2.23. The van der Waals surface area contributed by atoms with E-state index < -0.39 is 0 Å². The van der Waals surface area contributed by atoms with Crippen LogP contribution in [0.1, 0.15) is 12.8 Å². The number of piperazine rings is 1. The summed E-state index contributed by atoms with van der Waals surface area (Å²) in [4.78, 5) is 24.8. The van der Waals surface area contributed by atoms with Crippen molar-refractivity contribution in [3.63, 3.8) is 0 Å². The number of amides is 1. The summed E-state index contributed by atoms with van der Waals surface area (Å²) in [5.41, 5.74) is 1.80. The molecule has 3 heterocycles. The van der Waals surface area contributed by atoms with Gasteiger partial charge in [-0.3, -0.25) is 4.79 Å². The molecule has 0 bridgehead atoms. The van der Waals surface area contributed by atoms with E-state index in [1.54, 1.807) is 16.8 Å². The van der Waals surface area contributed by atoms with E-state index in [1.165, 1.54) is 18.5 Å². The zero-order chi connectivity index (χ0) is 19.5. The molecule has 4 rings (SSSR count). The molecule has 2 aromatic heterocycles. The summed E-state index contributed by atoms with van der Waals surface area (Å²) in [6.07, 6.45) is 2.64. The van der Waals surface area contributed by atoms with Crippen molar-refractivity contribution in [3.05, 3.63) is 36.4 Å². The molecule has 3 aromatic rings. The van der Waals surface area contributed by atoms with Crippen LogP contribution in [0.25, 0.3) is 16.9 Å². The van der Waals surface area contributed by atoms with Gasteiger partial charge >= 0.3 is 0 Å². The Labute approximate surface area is 165 Å². The molecule has 1 amide bonds. The van der Waals surface area contributed by atoms with Gasteiger partial charge in [-0.1, -0.05) is 5.21 Å². The number of benzene rings is 1. The zero-order valence-electron chi connectivity index (χ0n) is 15.1. The van der Waals surface area contributed by atoms with Crippen molar-refractivity contribution in [2.45, 2.75) is 12.8 Å². The first-order chi connectivity index (χ1) is 13.7. The molecule has 0 spiro atoms. The molecule has 0 radical (unpaired) electrons. The second-order valence-electron chi connectivity index (χ2n) is 6.51. The number of carbonyl (C=O) groups excluding carboxylic acids is 1. The van der Waals surface area contributed by atoms with E-state index >= 15 is 0 Å². The molecular weight excluding hydrogens is 385 g/mol. The number of anilines is 1. The molecule has 0 N–H and O–H groups in total. The number of hydrogen-bond donors (Lipinski definition) is 0. The highest BCUT2D eigenvalue weighted by atomic mass is 35.5. The standard InChI is InChI=1S/C18H19ClFN7O/c19-7-1-2-15(28)25-8-10-26(11-9-25)17-16-18(22-12-21-17)27(24-23-16)14-5-3-13(20)4-6-14/h3-6,12H,1-2,7-11H2. The third kappa shape index (κ3) is 3.62. The van der Waals surface area contributed by atoms with Gasteiger partial charge in [0.2, 0.25) is 5.91 Å². The lowest BCUT2D eigenvalue weighted by Gasteiger charge is -2.35. The minimum Gasteiger partial charge on any atom is -0.351 e. The topological polar surface area (TPSA) is 80.0 Å². The second kappa shape index (κ2) is 8.05. The Hall–Kier alpha value is -2.81. The Balaban J connectivity index is 1.54. The zero-order valence-corrected chi connectivity index (χ0v) is 15.9. The maximum Gasteiger partial charge on any atom is 0.222 e. The third-order valence-corrected chi connectivity index (χ3v) is 5.01. The highest BCUT2D eigenvalue weighted by molar-refractivity contribution is 6.17. The summed E-state index contributed by atoms with van der Waals surface area (Å²) in [7, 11) is 0. The van der Waals surface area contributed by atoms with Crippen molar-refractivity contribution in [1.29, 1.82) is 0 Å². The van der Waals surface area contributed by atoms with E-state index in [-0.39, 0.29) is 11.7 Å². The fraction of sp³-hybridized carbons (Fsp3) is 0.389. The Morgan fingerprint density at radius 3 is 2.57 bits per heavy atom. The van der Waals surface area contributed by atoms with Gasteiger partial charge in [-0.2, -0.15) is 4.68 Å². The van der Waals surface area contributed by atoms with Gasteiger partial charge in [0.25, 0.3) is 0 Å². The summed E-state index contributed by atoms with van der Waals surface area (Å²) < 4.78 is 14.8. The van der Waals surface area contributed by atoms with E-state index in [1.807, 2.05) is 4.90 Å².